The van der Waals surface area contributed by atoms with Crippen LogP contribution in [0.5, 0.6) is 0 Å². The van der Waals surface area contributed by atoms with Crippen molar-refractivity contribution >= 4 is 28.7 Å². The van der Waals surface area contributed by atoms with Gasteiger partial charge in [-0.2, -0.15) is 4.98 Å². The van der Waals surface area contributed by atoms with Gasteiger partial charge in [-0.25, -0.2) is 14.4 Å². The molecule has 2 aromatic heterocycles. The van der Waals surface area contributed by atoms with Gasteiger partial charge in [-0.1, -0.05) is 55.3 Å². The van der Waals surface area contributed by atoms with E-state index in [0.717, 1.165) is 24.1 Å². The molecule has 1 saturated carbocycles. The van der Waals surface area contributed by atoms with Crippen LogP contribution in [0.2, 0.25) is 0 Å². The number of aromatic nitrogens is 4. The lowest BCUT2D eigenvalue weighted by Gasteiger charge is -2.17. The van der Waals surface area contributed by atoms with Crippen molar-refractivity contribution in [2.75, 3.05) is 10.6 Å². The second-order valence-corrected chi connectivity index (χ2v) is 8.03. The van der Waals surface area contributed by atoms with E-state index in [1.165, 1.54) is 18.9 Å². The van der Waals surface area contributed by atoms with E-state index >= 15 is 0 Å². The molecule has 6 nitrogen and oxygen atoms in total. The van der Waals surface area contributed by atoms with Gasteiger partial charge in [-0.15, -0.1) is 0 Å². The third kappa shape index (κ3) is 3.95. The Morgan fingerprint density at radius 1 is 1.00 bits per heavy atom. The molecule has 0 bridgehead atoms. The molecule has 2 N–H and O–H groups in total. The Hall–Kier alpha value is -3.48. The van der Waals surface area contributed by atoms with Gasteiger partial charge in [0, 0.05) is 6.04 Å². The summed E-state index contributed by atoms with van der Waals surface area (Å²) in [5.74, 6) is 0.854. The second-order valence-electron chi connectivity index (χ2n) is 8.03. The first-order valence-electron chi connectivity index (χ1n) is 10.8. The summed E-state index contributed by atoms with van der Waals surface area (Å²) in [6, 6.07) is 17.2. The zero-order valence-electron chi connectivity index (χ0n) is 17.4. The standard InChI is InChI=1S/C24H25FN6/c1-16(17-9-3-2-4-10-17)27-23-26-15-21-22(30-23)31(18-11-5-6-12-18)24(29-21)28-20-14-8-7-13-19(20)25/h2-4,7-10,13-16,18H,5-6,11-12H2,1H3,(H,28,29)(H,26,27,30)/t16-/m0/s1. The molecule has 0 radical (unpaired) electrons. The average molecular weight is 417 g/mol. The van der Waals surface area contributed by atoms with Crippen LogP contribution >= 0.6 is 0 Å². The van der Waals surface area contributed by atoms with Crippen molar-refractivity contribution in [3.05, 3.63) is 72.2 Å². The molecule has 0 spiro atoms. The van der Waals surface area contributed by atoms with Crippen LogP contribution in [-0.4, -0.2) is 19.5 Å². The molecule has 1 aliphatic rings. The Morgan fingerprint density at radius 2 is 1.74 bits per heavy atom. The van der Waals surface area contributed by atoms with Crippen molar-refractivity contribution in [2.45, 2.75) is 44.7 Å². The largest absolute Gasteiger partial charge is 0.348 e. The van der Waals surface area contributed by atoms with Crippen LogP contribution in [0.1, 0.15) is 50.3 Å². The number of halogens is 1. The van der Waals surface area contributed by atoms with Gasteiger partial charge in [0.2, 0.25) is 11.9 Å². The van der Waals surface area contributed by atoms with Crippen molar-refractivity contribution < 1.29 is 4.39 Å². The first kappa shape index (κ1) is 19.5. The maximum Gasteiger partial charge on any atom is 0.225 e. The molecular formula is C24H25FN6. The minimum atomic E-state index is -0.308. The van der Waals surface area contributed by atoms with Crippen molar-refractivity contribution in [2.24, 2.45) is 0 Å². The summed E-state index contributed by atoms with van der Waals surface area (Å²) < 4.78 is 16.4. The maximum absolute atomic E-state index is 14.3. The quantitative estimate of drug-likeness (QED) is 0.404. The smallest absolute Gasteiger partial charge is 0.225 e. The highest BCUT2D eigenvalue weighted by molar-refractivity contribution is 5.76. The number of benzene rings is 2. The average Bonchev–Trinajstić information content (AvgIpc) is 3.43. The summed E-state index contributed by atoms with van der Waals surface area (Å²) >= 11 is 0. The van der Waals surface area contributed by atoms with Crippen LogP contribution in [-0.2, 0) is 0 Å². The highest BCUT2D eigenvalue weighted by Crippen LogP contribution is 2.36. The van der Waals surface area contributed by atoms with Crippen LogP contribution in [0.15, 0.2) is 60.8 Å². The molecule has 4 aromatic rings. The number of nitrogens with one attached hydrogen (secondary N) is 2. The lowest BCUT2D eigenvalue weighted by molar-refractivity contribution is 0.535. The summed E-state index contributed by atoms with van der Waals surface area (Å²) in [6.07, 6.45) is 6.20. The molecule has 1 aliphatic carbocycles. The molecule has 1 fully saturated rings. The van der Waals surface area contributed by atoms with Gasteiger partial charge in [-0.05, 0) is 37.5 Å². The maximum atomic E-state index is 14.3. The third-order valence-corrected chi connectivity index (χ3v) is 5.89. The number of para-hydroxylation sites is 1. The highest BCUT2D eigenvalue weighted by atomic mass is 19.1. The van der Waals surface area contributed by atoms with Crippen LogP contribution in [0.3, 0.4) is 0 Å². The molecule has 2 aromatic carbocycles. The van der Waals surface area contributed by atoms with E-state index in [9.17, 15) is 4.39 Å². The molecule has 31 heavy (non-hydrogen) atoms. The Balaban J connectivity index is 1.52. The summed E-state index contributed by atoms with van der Waals surface area (Å²) in [5.41, 5.74) is 3.03. The molecule has 1 atom stereocenters. The minimum absolute atomic E-state index is 0.0671. The van der Waals surface area contributed by atoms with Crippen LogP contribution in [0.4, 0.5) is 22.0 Å². The van der Waals surface area contributed by atoms with E-state index in [1.54, 1.807) is 24.4 Å². The Bertz CT molecular complexity index is 1180. The summed E-state index contributed by atoms with van der Waals surface area (Å²) in [6.45, 7) is 2.09. The van der Waals surface area contributed by atoms with Crippen molar-refractivity contribution in [1.82, 2.24) is 19.5 Å². The fraction of sp³-hybridized carbons (Fsp3) is 0.292. The molecule has 7 heteroatoms. The van der Waals surface area contributed by atoms with E-state index in [0.29, 0.717) is 23.1 Å². The van der Waals surface area contributed by atoms with E-state index in [1.807, 2.05) is 18.2 Å². The lowest BCUT2D eigenvalue weighted by atomic mass is 10.1. The number of hydrogen-bond acceptors (Lipinski definition) is 5. The first-order valence-corrected chi connectivity index (χ1v) is 10.8. The molecule has 0 aliphatic heterocycles. The Kier molecular flexibility index (Phi) is 5.24. The number of imidazole rings is 1. The van der Waals surface area contributed by atoms with Gasteiger partial charge in [0.05, 0.1) is 17.9 Å². The van der Waals surface area contributed by atoms with E-state index < -0.39 is 0 Å². The number of anilines is 3. The van der Waals surface area contributed by atoms with Gasteiger partial charge in [0.25, 0.3) is 0 Å². The topological polar surface area (TPSA) is 67.7 Å². The monoisotopic (exact) mass is 416 g/mol. The number of nitrogens with zero attached hydrogens (tertiary/aromatic N) is 4. The molecule has 5 rings (SSSR count). The van der Waals surface area contributed by atoms with Crippen molar-refractivity contribution in [3.8, 4) is 0 Å². The van der Waals surface area contributed by atoms with Crippen LogP contribution in [0.25, 0.3) is 11.2 Å². The predicted octanol–water partition coefficient (Wildman–Crippen LogP) is 6.00. The number of rotatable bonds is 6. The normalized spacial score (nSPS) is 15.3. The van der Waals surface area contributed by atoms with Crippen molar-refractivity contribution in [3.63, 3.8) is 0 Å². The van der Waals surface area contributed by atoms with E-state index in [-0.39, 0.29) is 17.9 Å². The Labute approximate surface area is 180 Å². The summed E-state index contributed by atoms with van der Waals surface area (Å²) in [5, 5.41) is 6.57. The third-order valence-electron chi connectivity index (χ3n) is 5.89. The summed E-state index contributed by atoms with van der Waals surface area (Å²) in [7, 11) is 0. The molecule has 0 saturated heterocycles. The van der Waals surface area contributed by atoms with E-state index in [4.69, 9.17) is 9.97 Å². The minimum Gasteiger partial charge on any atom is -0.348 e. The van der Waals surface area contributed by atoms with Crippen molar-refractivity contribution in [1.29, 1.82) is 0 Å². The molecule has 158 valence electrons. The zero-order chi connectivity index (χ0) is 21.2. The summed E-state index contributed by atoms with van der Waals surface area (Å²) in [4.78, 5) is 14.0. The van der Waals surface area contributed by atoms with Gasteiger partial charge in [-0.3, -0.25) is 4.57 Å². The molecule has 0 unspecified atom stereocenters. The zero-order valence-corrected chi connectivity index (χ0v) is 17.4. The molecule has 2 heterocycles. The number of hydrogen-bond donors (Lipinski definition) is 2. The van der Waals surface area contributed by atoms with E-state index in [2.05, 4.69) is 39.2 Å². The van der Waals surface area contributed by atoms with Gasteiger partial charge < -0.3 is 10.6 Å². The lowest BCUT2D eigenvalue weighted by Crippen LogP contribution is -2.12. The SMILES string of the molecule is C[C@H](Nc1ncc2nc(Nc3ccccc3F)n(C3CCCC3)c2n1)c1ccccc1. The van der Waals surface area contributed by atoms with Gasteiger partial charge >= 0.3 is 0 Å². The van der Waals surface area contributed by atoms with Gasteiger partial charge in [0.1, 0.15) is 11.3 Å². The first-order chi connectivity index (χ1) is 15.2. The molecule has 0 amide bonds. The Morgan fingerprint density at radius 3 is 2.52 bits per heavy atom. The van der Waals surface area contributed by atoms with Crippen LogP contribution in [0, 0.1) is 5.82 Å². The molecular weight excluding hydrogens is 391 g/mol. The number of fused-ring (bicyclic) bond motifs is 1. The fourth-order valence-corrected chi connectivity index (χ4v) is 4.26. The predicted molar refractivity (Wildman–Crippen MR) is 121 cm³/mol. The highest BCUT2D eigenvalue weighted by Gasteiger charge is 2.24. The van der Waals surface area contributed by atoms with Gasteiger partial charge in [0.15, 0.2) is 5.65 Å². The second kappa shape index (κ2) is 8.34. The van der Waals surface area contributed by atoms with Crippen LogP contribution < -0.4 is 10.6 Å². The fourth-order valence-electron chi connectivity index (χ4n) is 4.26.